The summed E-state index contributed by atoms with van der Waals surface area (Å²) in [4.78, 5) is 20.2. The number of rotatable bonds is 5. The van der Waals surface area contributed by atoms with Crippen LogP contribution in [0.2, 0.25) is 0 Å². The molecule has 1 amide bonds. The third kappa shape index (κ3) is 4.93. The van der Waals surface area contributed by atoms with Crippen molar-refractivity contribution in [1.82, 2.24) is 4.98 Å². The zero-order valence-corrected chi connectivity index (χ0v) is 21.0. The van der Waals surface area contributed by atoms with Crippen molar-refractivity contribution in [2.45, 2.75) is 76.6 Å². The van der Waals surface area contributed by atoms with Crippen LogP contribution in [0.5, 0.6) is 0 Å². The van der Waals surface area contributed by atoms with Gasteiger partial charge in [-0.05, 0) is 57.4 Å². The Kier molecular flexibility index (Phi) is 6.81. The van der Waals surface area contributed by atoms with Gasteiger partial charge in [0.1, 0.15) is 11.9 Å². The number of amides is 1. The molecular weight excluding hydrogens is 446 g/mol. The van der Waals surface area contributed by atoms with Crippen molar-refractivity contribution >= 4 is 23.1 Å². The summed E-state index contributed by atoms with van der Waals surface area (Å²) in [6, 6.07) is 10.0. The van der Waals surface area contributed by atoms with Crippen LogP contribution in [0.15, 0.2) is 36.5 Å². The predicted molar refractivity (Wildman–Crippen MR) is 133 cm³/mol. The Labute approximate surface area is 206 Å². The highest BCUT2D eigenvalue weighted by atomic mass is 16.6. The van der Waals surface area contributed by atoms with E-state index in [1.54, 1.807) is 13.3 Å². The number of anilines is 3. The maximum Gasteiger partial charge on any atom is 0.256 e. The smallest absolute Gasteiger partial charge is 0.256 e. The number of aromatic nitrogens is 1. The second-order valence-corrected chi connectivity index (χ2v) is 10.1. The monoisotopic (exact) mass is 481 g/mol. The highest BCUT2D eigenvalue weighted by Crippen LogP contribution is 2.42. The van der Waals surface area contributed by atoms with Gasteiger partial charge in [-0.3, -0.25) is 4.79 Å². The molecule has 8 nitrogen and oxygen atoms in total. The van der Waals surface area contributed by atoms with Crippen molar-refractivity contribution in [3.63, 3.8) is 0 Å². The minimum absolute atomic E-state index is 0.0295. The number of nitrogens with one attached hydrogen (secondary N) is 1. The van der Waals surface area contributed by atoms with E-state index in [1.807, 2.05) is 36.9 Å². The molecule has 2 saturated heterocycles. The van der Waals surface area contributed by atoms with E-state index in [0.29, 0.717) is 26.2 Å². The van der Waals surface area contributed by atoms with Gasteiger partial charge in [-0.1, -0.05) is 12.1 Å². The number of hydrogen-bond donors (Lipinski definition) is 1. The van der Waals surface area contributed by atoms with E-state index >= 15 is 0 Å². The Morgan fingerprint density at radius 3 is 2.80 bits per heavy atom. The van der Waals surface area contributed by atoms with Gasteiger partial charge >= 0.3 is 0 Å². The van der Waals surface area contributed by atoms with Gasteiger partial charge in [-0.2, -0.15) is 0 Å². The van der Waals surface area contributed by atoms with Crippen molar-refractivity contribution < 1.29 is 23.7 Å². The summed E-state index contributed by atoms with van der Waals surface area (Å²) < 4.78 is 23.6. The largest absolute Gasteiger partial charge is 0.379 e. The number of carbonyl (C=O) groups is 1. The molecule has 1 N–H and O–H groups in total. The zero-order chi connectivity index (χ0) is 24.6. The number of benzene rings is 1. The van der Waals surface area contributed by atoms with Gasteiger partial charge < -0.3 is 29.2 Å². The normalized spacial score (nSPS) is 28.3. The van der Waals surface area contributed by atoms with Crippen molar-refractivity contribution in [1.29, 1.82) is 0 Å². The average Bonchev–Trinajstić information content (AvgIpc) is 3.17. The molecule has 4 atom stereocenters. The fourth-order valence-electron chi connectivity index (χ4n) is 5.22. The van der Waals surface area contributed by atoms with Crippen LogP contribution in [0.4, 0.5) is 17.2 Å². The van der Waals surface area contributed by atoms with Crippen LogP contribution in [0, 0.1) is 0 Å². The first kappa shape index (κ1) is 24.2. The first-order valence-corrected chi connectivity index (χ1v) is 12.5. The first-order chi connectivity index (χ1) is 16.9. The highest BCUT2D eigenvalue weighted by molar-refractivity contribution is 6.01. The maximum atomic E-state index is 13.9. The molecule has 4 heterocycles. The Morgan fingerprint density at radius 2 is 2.09 bits per heavy atom. The molecule has 0 spiro atoms. The number of methoxy groups -OCH3 is 1. The van der Waals surface area contributed by atoms with E-state index in [4.69, 9.17) is 18.9 Å². The Balaban J connectivity index is 1.46. The van der Waals surface area contributed by atoms with E-state index in [0.717, 1.165) is 41.2 Å². The average molecular weight is 482 g/mol. The lowest BCUT2D eigenvalue weighted by Crippen LogP contribution is -2.44. The van der Waals surface area contributed by atoms with Gasteiger partial charge in [0.2, 0.25) is 0 Å². The molecule has 3 aliphatic heterocycles. The molecule has 8 heteroatoms. The van der Waals surface area contributed by atoms with Crippen LogP contribution in [0.25, 0.3) is 0 Å². The van der Waals surface area contributed by atoms with Crippen molar-refractivity contribution in [3.05, 3.63) is 47.7 Å². The Hall–Kier alpha value is -2.52. The molecule has 1 aromatic heterocycles. The third-order valence-corrected chi connectivity index (χ3v) is 7.15. The summed E-state index contributed by atoms with van der Waals surface area (Å²) in [5, 5.41) is 3.44. The van der Waals surface area contributed by atoms with Crippen LogP contribution in [0.3, 0.4) is 0 Å². The molecule has 2 aromatic rings. The van der Waals surface area contributed by atoms with Gasteiger partial charge in [0, 0.05) is 25.3 Å². The lowest BCUT2D eigenvalue weighted by molar-refractivity contribution is -0.143. The molecule has 0 saturated carbocycles. The molecule has 188 valence electrons. The minimum atomic E-state index is -0.507. The number of hydrogen-bond acceptors (Lipinski definition) is 7. The lowest BCUT2D eigenvalue weighted by atomic mass is 9.91. The number of ether oxygens (including phenoxy) is 4. The summed E-state index contributed by atoms with van der Waals surface area (Å²) in [5.74, 6) is 0.715. The molecule has 0 aliphatic carbocycles. The highest BCUT2D eigenvalue weighted by Gasteiger charge is 2.40. The topological polar surface area (TPSA) is 82.2 Å². The molecule has 35 heavy (non-hydrogen) atoms. The second-order valence-electron chi connectivity index (χ2n) is 10.1. The first-order valence-electron chi connectivity index (χ1n) is 12.5. The van der Waals surface area contributed by atoms with E-state index in [-0.39, 0.29) is 24.2 Å². The summed E-state index contributed by atoms with van der Waals surface area (Å²) >= 11 is 0. The van der Waals surface area contributed by atoms with Gasteiger partial charge in [-0.25, -0.2) is 4.98 Å². The maximum absolute atomic E-state index is 13.9. The quantitative estimate of drug-likeness (QED) is 0.682. The van der Waals surface area contributed by atoms with Gasteiger partial charge in [0.25, 0.3) is 5.91 Å². The van der Waals surface area contributed by atoms with Gasteiger partial charge in [0.15, 0.2) is 0 Å². The van der Waals surface area contributed by atoms with E-state index < -0.39 is 11.7 Å². The Morgan fingerprint density at radius 1 is 1.23 bits per heavy atom. The Bertz CT molecular complexity index is 1070. The zero-order valence-electron chi connectivity index (χ0n) is 21.0. The van der Waals surface area contributed by atoms with Gasteiger partial charge in [-0.15, -0.1) is 0 Å². The van der Waals surface area contributed by atoms with E-state index in [2.05, 4.69) is 29.4 Å². The fourth-order valence-corrected chi connectivity index (χ4v) is 5.22. The number of carbonyl (C=O) groups excluding carboxylic acids is 1. The molecule has 0 unspecified atom stereocenters. The fraction of sp³-hybridized carbons (Fsp3) is 0.556. The number of nitrogens with zero attached hydrogens (tertiary/aromatic N) is 2. The standard InChI is InChI=1S/C27H35N3O5/c1-17(2)35-20-8-10-24(33-15-20)26(31)30-14-18-6-5-11-28-25(18)29-22-9-7-19(12-23(22)30)27(3)13-21(32-4)16-34-27/h5-7,9,11-12,17,20-21,24H,8,10,13-16H2,1-4H3,(H,28,29)/t20-,21-,24+,27+/m0/s1. The summed E-state index contributed by atoms with van der Waals surface area (Å²) in [6.45, 7) is 7.51. The lowest BCUT2D eigenvalue weighted by Gasteiger charge is -2.33. The molecule has 1 aromatic carbocycles. The summed E-state index contributed by atoms with van der Waals surface area (Å²) in [6.07, 6.45) is 3.67. The van der Waals surface area contributed by atoms with Crippen LogP contribution >= 0.6 is 0 Å². The predicted octanol–water partition coefficient (Wildman–Crippen LogP) is 4.29. The molecular formula is C27H35N3O5. The van der Waals surface area contributed by atoms with E-state index in [1.165, 1.54) is 0 Å². The van der Waals surface area contributed by atoms with Crippen molar-refractivity contribution in [2.24, 2.45) is 0 Å². The van der Waals surface area contributed by atoms with Crippen LogP contribution in [0.1, 0.15) is 51.2 Å². The molecule has 0 radical (unpaired) electrons. The molecule has 3 aliphatic rings. The SMILES string of the molecule is CO[C@@H]1CO[C@@](C)(c2ccc3c(c2)N(C(=O)[C@H]2CC[C@H](OC(C)C)CO2)Cc2cccnc2N3)C1. The van der Waals surface area contributed by atoms with Crippen LogP contribution in [-0.2, 0) is 35.9 Å². The van der Waals surface area contributed by atoms with Crippen molar-refractivity contribution in [2.75, 3.05) is 30.5 Å². The van der Waals surface area contributed by atoms with E-state index in [9.17, 15) is 4.79 Å². The minimum Gasteiger partial charge on any atom is -0.379 e. The van der Waals surface area contributed by atoms with Crippen LogP contribution in [-0.4, -0.2) is 55.6 Å². The second kappa shape index (κ2) is 9.85. The molecule has 0 bridgehead atoms. The third-order valence-electron chi connectivity index (χ3n) is 7.15. The molecule has 2 fully saturated rings. The van der Waals surface area contributed by atoms with Crippen LogP contribution < -0.4 is 10.2 Å². The van der Waals surface area contributed by atoms with Gasteiger partial charge in [0.05, 0.1) is 55.0 Å². The summed E-state index contributed by atoms with van der Waals surface area (Å²) in [5.41, 5.74) is 3.13. The molecule has 5 rings (SSSR count). The number of fused-ring (bicyclic) bond motifs is 2. The number of pyridine rings is 1. The van der Waals surface area contributed by atoms with Crippen molar-refractivity contribution in [3.8, 4) is 0 Å². The summed E-state index contributed by atoms with van der Waals surface area (Å²) in [7, 11) is 1.71.